The van der Waals surface area contributed by atoms with Gasteiger partial charge in [-0.1, -0.05) is 24.3 Å². The van der Waals surface area contributed by atoms with Gasteiger partial charge in [0.05, 0.1) is 0 Å². The Labute approximate surface area is 102 Å². The highest BCUT2D eigenvalue weighted by Gasteiger charge is 2.04. The fourth-order valence-electron chi connectivity index (χ4n) is 1.92. The normalized spacial score (nSPS) is 12.6. The Kier molecular flexibility index (Phi) is 3.59. The molecule has 1 atom stereocenters. The Morgan fingerprint density at radius 1 is 1.29 bits per heavy atom. The molecule has 1 aromatic heterocycles. The molecule has 0 aliphatic rings. The lowest BCUT2D eigenvalue weighted by atomic mass is 10.1. The summed E-state index contributed by atoms with van der Waals surface area (Å²) >= 11 is 0. The molecule has 1 unspecified atom stereocenters. The second-order valence-electron chi connectivity index (χ2n) is 4.34. The van der Waals surface area contributed by atoms with Crippen molar-refractivity contribution in [2.45, 2.75) is 32.9 Å². The molecule has 2 aromatic rings. The molecular weight excluding hydrogens is 210 g/mol. The van der Waals surface area contributed by atoms with Crippen LogP contribution in [0.4, 0.5) is 0 Å². The summed E-state index contributed by atoms with van der Waals surface area (Å²) in [7, 11) is 0. The van der Waals surface area contributed by atoms with E-state index in [4.69, 9.17) is 5.73 Å². The van der Waals surface area contributed by atoms with Crippen LogP contribution in [-0.4, -0.2) is 9.55 Å². The number of imidazole rings is 1. The molecule has 17 heavy (non-hydrogen) atoms. The number of hydrogen-bond acceptors (Lipinski definition) is 2. The van der Waals surface area contributed by atoms with Gasteiger partial charge >= 0.3 is 0 Å². The van der Waals surface area contributed by atoms with Gasteiger partial charge in [-0.3, -0.25) is 0 Å². The summed E-state index contributed by atoms with van der Waals surface area (Å²) in [5.74, 6) is 1.11. The van der Waals surface area contributed by atoms with Gasteiger partial charge in [0.25, 0.3) is 0 Å². The topological polar surface area (TPSA) is 43.8 Å². The number of nitrogens with zero attached hydrogens (tertiary/aromatic N) is 2. The summed E-state index contributed by atoms with van der Waals surface area (Å²) in [5, 5.41) is 0. The van der Waals surface area contributed by atoms with E-state index in [1.807, 2.05) is 19.3 Å². The van der Waals surface area contributed by atoms with Crippen LogP contribution < -0.4 is 5.73 Å². The van der Waals surface area contributed by atoms with Crippen LogP contribution in [0.5, 0.6) is 0 Å². The van der Waals surface area contributed by atoms with Gasteiger partial charge in [0.1, 0.15) is 5.82 Å². The first kappa shape index (κ1) is 11.9. The number of rotatable bonds is 4. The first-order valence-corrected chi connectivity index (χ1v) is 6.05. The van der Waals surface area contributed by atoms with E-state index in [1.165, 1.54) is 11.1 Å². The second-order valence-corrected chi connectivity index (χ2v) is 4.34. The van der Waals surface area contributed by atoms with Crippen LogP contribution in [0.2, 0.25) is 0 Å². The largest absolute Gasteiger partial charge is 0.335 e. The lowest BCUT2D eigenvalue weighted by molar-refractivity contribution is 0.712. The average Bonchev–Trinajstić information content (AvgIpc) is 2.77. The maximum atomic E-state index is 5.83. The smallest absolute Gasteiger partial charge is 0.113 e. The van der Waals surface area contributed by atoms with E-state index in [2.05, 4.69) is 40.7 Å². The van der Waals surface area contributed by atoms with Crippen molar-refractivity contribution in [3.63, 3.8) is 0 Å². The predicted octanol–water partition coefficient (Wildman–Crippen LogP) is 2.51. The van der Waals surface area contributed by atoms with E-state index in [0.717, 1.165) is 18.8 Å². The van der Waals surface area contributed by atoms with Gasteiger partial charge in [-0.25, -0.2) is 4.98 Å². The van der Waals surface area contributed by atoms with E-state index < -0.39 is 0 Å². The van der Waals surface area contributed by atoms with Crippen LogP contribution in [0.25, 0.3) is 0 Å². The number of aromatic nitrogens is 2. The van der Waals surface area contributed by atoms with E-state index in [1.54, 1.807) is 0 Å². The van der Waals surface area contributed by atoms with Crippen LogP contribution in [0.15, 0.2) is 36.7 Å². The SMILES string of the molecule is CCn1ccnc1Cc1ccc(C(C)N)cc1. The Bertz CT molecular complexity index is 468. The van der Waals surface area contributed by atoms with E-state index in [-0.39, 0.29) is 6.04 Å². The van der Waals surface area contributed by atoms with Crippen molar-refractivity contribution in [2.24, 2.45) is 5.73 Å². The number of aryl methyl sites for hydroxylation is 1. The molecular formula is C14H19N3. The quantitative estimate of drug-likeness (QED) is 0.875. The third-order valence-corrected chi connectivity index (χ3v) is 3.01. The molecule has 0 fully saturated rings. The number of nitrogens with two attached hydrogens (primary N) is 1. The van der Waals surface area contributed by atoms with Gasteiger partial charge in [-0.2, -0.15) is 0 Å². The molecule has 2 rings (SSSR count). The molecule has 2 N–H and O–H groups in total. The van der Waals surface area contributed by atoms with Crippen LogP contribution in [0, 0.1) is 0 Å². The summed E-state index contributed by atoms with van der Waals surface area (Å²) in [6.45, 7) is 5.09. The molecule has 1 aromatic carbocycles. The lowest BCUT2D eigenvalue weighted by Crippen LogP contribution is -2.05. The van der Waals surface area contributed by atoms with Gasteiger partial charge in [0.2, 0.25) is 0 Å². The van der Waals surface area contributed by atoms with Crippen molar-refractivity contribution < 1.29 is 0 Å². The molecule has 0 radical (unpaired) electrons. The molecule has 0 amide bonds. The maximum Gasteiger partial charge on any atom is 0.113 e. The number of hydrogen-bond donors (Lipinski definition) is 1. The predicted molar refractivity (Wildman–Crippen MR) is 69.8 cm³/mol. The van der Waals surface area contributed by atoms with Crippen molar-refractivity contribution >= 4 is 0 Å². The summed E-state index contributed by atoms with van der Waals surface area (Å²) in [6.07, 6.45) is 4.75. The monoisotopic (exact) mass is 229 g/mol. The molecule has 0 saturated carbocycles. The van der Waals surface area contributed by atoms with E-state index >= 15 is 0 Å². The van der Waals surface area contributed by atoms with Gasteiger partial charge in [-0.05, 0) is 25.0 Å². The summed E-state index contributed by atoms with van der Waals surface area (Å²) in [5.41, 5.74) is 8.28. The zero-order valence-corrected chi connectivity index (χ0v) is 10.4. The van der Waals surface area contributed by atoms with Crippen LogP contribution in [0.3, 0.4) is 0 Å². The van der Waals surface area contributed by atoms with Gasteiger partial charge < -0.3 is 10.3 Å². The van der Waals surface area contributed by atoms with Crippen molar-refractivity contribution in [1.29, 1.82) is 0 Å². The Morgan fingerprint density at radius 2 is 2.00 bits per heavy atom. The van der Waals surface area contributed by atoms with Crippen molar-refractivity contribution in [3.05, 3.63) is 53.6 Å². The fraction of sp³-hybridized carbons (Fsp3) is 0.357. The highest BCUT2D eigenvalue weighted by atomic mass is 15.0. The third-order valence-electron chi connectivity index (χ3n) is 3.01. The van der Waals surface area contributed by atoms with Gasteiger partial charge in [0, 0.05) is 31.4 Å². The average molecular weight is 229 g/mol. The van der Waals surface area contributed by atoms with Crippen molar-refractivity contribution in [2.75, 3.05) is 0 Å². The molecule has 0 spiro atoms. The highest BCUT2D eigenvalue weighted by Crippen LogP contribution is 2.13. The first-order chi connectivity index (χ1) is 8.20. The number of benzene rings is 1. The Morgan fingerprint density at radius 3 is 2.59 bits per heavy atom. The van der Waals surface area contributed by atoms with E-state index in [9.17, 15) is 0 Å². The lowest BCUT2D eigenvalue weighted by Gasteiger charge is -2.08. The first-order valence-electron chi connectivity index (χ1n) is 6.05. The second kappa shape index (κ2) is 5.15. The van der Waals surface area contributed by atoms with E-state index in [0.29, 0.717) is 0 Å². The summed E-state index contributed by atoms with van der Waals surface area (Å²) in [4.78, 5) is 4.38. The van der Waals surface area contributed by atoms with Crippen LogP contribution >= 0.6 is 0 Å². The van der Waals surface area contributed by atoms with Crippen LogP contribution in [0.1, 0.15) is 36.8 Å². The zero-order valence-electron chi connectivity index (χ0n) is 10.4. The molecule has 0 saturated heterocycles. The zero-order chi connectivity index (χ0) is 12.3. The Hall–Kier alpha value is -1.61. The van der Waals surface area contributed by atoms with Crippen molar-refractivity contribution in [3.8, 4) is 0 Å². The minimum absolute atomic E-state index is 0.0988. The third kappa shape index (κ3) is 2.74. The minimum Gasteiger partial charge on any atom is -0.335 e. The molecule has 0 aliphatic heterocycles. The van der Waals surface area contributed by atoms with Gasteiger partial charge in [-0.15, -0.1) is 0 Å². The fourth-order valence-corrected chi connectivity index (χ4v) is 1.92. The van der Waals surface area contributed by atoms with Gasteiger partial charge in [0.15, 0.2) is 0 Å². The molecule has 0 bridgehead atoms. The molecule has 3 nitrogen and oxygen atoms in total. The highest BCUT2D eigenvalue weighted by molar-refractivity contribution is 5.26. The maximum absolute atomic E-state index is 5.83. The summed E-state index contributed by atoms with van der Waals surface area (Å²) in [6, 6.07) is 8.56. The molecule has 1 heterocycles. The minimum atomic E-state index is 0.0988. The molecule has 0 aliphatic carbocycles. The standard InChI is InChI=1S/C14H19N3/c1-3-17-9-8-16-14(17)10-12-4-6-13(7-5-12)11(2)15/h4-9,11H,3,10,15H2,1-2H3. The summed E-state index contributed by atoms with van der Waals surface area (Å²) < 4.78 is 2.17. The molecule has 3 heteroatoms. The van der Waals surface area contributed by atoms with Crippen LogP contribution in [-0.2, 0) is 13.0 Å². The molecule has 90 valence electrons. The van der Waals surface area contributed by atoms with Crippen molar-refractivity contribution in [1.82, 2.24) is 9.55 Å². The Balaban J connectivity index is 2.14.